The van der Waals surface area contributed by atoms with Gasteiger partial charge in [0.2, 0.25) is 0 Å². The summed E-state index contributed by atoms with van der Waals surface area (Å²) in [6.45, 7) is -0.329. The monoisotopic (exact) mass is 291 g/mol. The molecule has 0 aliphatic heterocycles. The average molecular weight is 291 g/mol. The van der Waals surface area contributed by atoms with Crippen molar-refractivity contribution in [1.29, 1.82) is 0 Å². The number of methoxy groups -OCH3 is 1. The Bertz CT molecular complexity index is 577. The highest BCUT2D eigenvalue weighted by molar-refractivity contribution is 5.94. The standard InChI is InChI=1S/C16H18FNO3/c1-21-14-7-6-13(10-14)18-16(20)12-5-4-11(3-2-8-19)15(17)9-12/h4-5,9,13-14,19H,6-8,10H2,1H3,(H,18,20). The second kappa shape index (κ2) is 7.21. The van der Waals surface area contributed by atoms with E-state index in [1.165, 1.54) is 18.2 Å². The van der Waals surface area contributed by atoms with Crippen LogP contribution in [0.4, 0.5) is 4.39 Å². The molecule has 0 radical (unpaired) electrons. The fraction of sp³-hybridized carbons (Fsp3) is 0.438. The van der Waals surface area contributed by atoms with Crippen molar-refractivity contribution in [3.05, 3.63) is 35.1 Å². The largest absolute Gasteiger partial charge is 0.384 e. The first-order chi connectivity index (χ1) is 10.1. The number of aliphatic hydroxyl groups is 1. The van der Waals surface area contributed by atoms with Crippen LogP contribution in [0.1, 0.15) is 35.2 Å². The maximum atomic E-state index is 13.8. The number of amides is 1. The number of carbonyl (C=O) groups excluding carboxylic acids is 1. The molecule has 2 N–H and O–H groups in total. The molecule has 5 heteroatoms. The van der Waals surface area contributed by atoms with Crippen LogP contribution in [0.5, 0.6) is 0 Å². The quantitative estimate of drug-likeness (QED) is 0.829. The van der Waals surface area contributed by atoms with Gasteiger partial charge in [0.05, 0.1) is 11.7 Å². The van der Waals surface area contributed by atoms with Crippen LogP contribution in [-0.4, -0.2) is 36.9 Å². The van der Waals surface area contributed by atoms with Crippen LogP contribution in [-0.2, 0) is 4.74 Å². The van der Waals surface area contributed by atoms with Crippen molar-refractivity contribution in [2.75, 3.05) is 13.7 Å². The Morgan fingerprint density at radius 2 is 2.33 bits per heavy atom. The van der Waals surface area contributed by atoms with E-state index in [1.807, 2.05) is 0 Å². The lowest BCUT2D eigenvalue weighted by molar-refractivity contribution is 0.0914. The third-order valence-corrected chi connectivity index (χ3v) is 3.59. The topological polar surface area (TPSA) is 58.6 Å². The number of hydrogen-bond acceptors (Lipinski definition) is 3. The van der Waals surface area contributed by atoms with Gasteiger partial charge in [-0.15, -0.1) is 0 Å². The van der Waals surface area contributed by atoms with Crippen molar-refractivity contribution in [3.8, 4) is 11.8 Å². The molecule has 1 aliphatic carbocycles. The minimum atomic E-state index is -0.565. The summed E-state index contributed by atoms with van der Waals surface area (Å²) in [6, 6.07) is 4.21. The molecule has 2 atom stereocenters. The third-order valence-electron chi connectivity index (χ3n) is 3.59. The van der Waals surface area contributed by atoms with E-state index >= 15 is 0 Å². The molecule has 21 heavy (non-hydrogen) atoms. The first kappa shape index (κ1) is 15.5. The minimum absolute atomic E-state index is 0.0689. The summed E-state index contributed by atoms with van der Waals surface area (Å²) in [5.41, 5.74) is 0.434. The number of halogens is 1. The second-order valence-electron chi connectivity index (χ2n) is 5.00. The molecular weight excluding hydrogens is 273 g/mol. The highest BCUT2D eigenvalue weighted by Crippen LogP contribution is 2.21. The number of carbonyl (C=O) groups is 1. The van der Waals surface area contributed by atoms with E-state index in [4.69, 9.17) is 9.84 Å². The SMILES string of the molecule is COC1CCC(NC(=O)c2ccc(C#CCO)c(F)c2)C1. The summed E-state index contributed by atoms with van der Waals surface area (Å²) in [4.78, 5) is 12.1. The Morgan fingerprint density at radius 1 is 1.52 bits per heavy atom. The van der Waals surface area contributed by atoms with Gasteiger partial charge < -0.3 is 15.2 Å². The van der Waals surface area contributed by atoms with E-state index in [9.17, 15) is 9.18 Å². The maximum Gasteiger partial charge on any atom is 0.251 e. The first-order valence-electron chi connectivity index (χ1n) is 6.87. The van der Waals surface area contributed by atoms with E-state index in [0.717, 1.165) is 19.3 Å². The van der Waals surface area contributed by atoms with Gasteiger partial charge in [-0.25, -0.2) is 4.39 Å². The lowest BCUT2D eigenvalue weighted by atomic mass is 10.1. The zero-order valence-corrected chi connectivity index (χ0v) is 11.9. The predicted octanol–water partition coefficient (Wildman–Crippen LogP) is 1.47. The van der Waals surface area contributed by atoms with Gasteiger partial charge in [-0.1, -0.05) is 11.8 Å². The number of aliphatic hydroxyl groups excluding tert-OH is 1. The summed E-state index contributed by atoms with van der Waals surface area (Å²) in [5.74, 6) is 4.01. The minimum Gasteiger partial charge on any atom is -0.384 e. The Balaban J connectivity index is 2.01. The zero-order chi connectivity index (χ0) is 15.2. The molecule has 112 valence electrons. The van der Waals surface area contributed by atoms with E-state index in [2.05, 4.69) is 17.2 Å². The summed E-state index contributed by atoms with van der Waals surface area (Å²) in [5, 5.41) is 11.5. The van der Waals surface area contributed by atoms with Gasteiger partial charge in [0.1, 0.15) is 12.4 Å². The van der Waals surface area contributed by atoms with Crippen LogP contribution in [0, 0.1) is 17.7 Å². The van der Waals surface area contributed by atoms with E-state index in [0.29, 0.717) is 0 Å². The molecule has 0 heterocycles. The van der Waals surface area contributed by atoms with Crippen molar-refractivity contribution in [3.63, 3.8) is 0 Å². The summed E-state index contributed by atoms with van der Waals surface area (Å²) < 4.78 is 19.0. The molecule has 0 bridgehead atoms. The smallest absolute Gasteiger partial charge is 0.251 e. The molecule has 0 saturated heterocycles. The van der Waals surface area contributed by atoms with Gasteiger partial charge in [-0.2, -0.15) is 0 Å². The van der Waals surface area contributed by atoms with E-state index in [1.54, 1.807) is 7.11 Å². The second-order valence-corrected chi connectivity index (χ2v) is 5.00. The maximum absolute atomic E-state index is 13.8. The predicted molar refractivity (Wildman–Crippen MR) is 76.3 cm³/mol. The van der Waals surface area contributed by atoms with Gasteiger partial charge in [0.15, 0.2) is 0 Å². The molecule has 1 fully saturated rings. The molecule has 1 aromatic carbocycles. The van der Waals surface area contributed by atoms with Gasteiger partial charge in [-0.3, -0.25) is 4.79 Å². The van der Waals surface area contributed by atoms with Crippen molar-refractivity contribution in [1.82, 2.24) is 5.32 Å². The van der Waals surface area contributed by atoms with Crippen molar-refractivity contribution in [2.24, 2.45) is 0 Å². The lowest BCUT2D eigenvalue weighted by Crippen LogP contribution is -2.33. The number of ether oxygens (including phenoxy) is 1. The molecule has 2 rings (SSSR count). The summed E-state index contributed by atoms with van der Waals surface area (Å²) in [6.07, 6.45) is 2.76. The molecule has 0 spiro atoms. The van der Waals surface area contributed by atoms with Gasteiger partial charge in [0, 0.05) is 18.7 Å². The highest BCUT2D eigenvalue weighted by Gasteiger charge is 2.26. The van der Waals surface area contributed by atoms with Crippen molar-refractivity contribution >= 4 is 5.91 Å². The van der Waals surface area contributed by atoms with Crippen LogP contribution < -0.4 is 5.32 Å². The number of nitrogens with one attached hydrogen (secondary N) is 1. The van der Waals surface area contributed by atoms with E-state index in [-0.39, 0.29) is 35.8 Å². The molecule has 1 saturated carbocycles. The Labute approximate surface area is 123 Å². The average Bonchev–Trinajstić information content (AvgIpc) is 2.93. The van der Waals surface area contributed by atoms with Crippen molar-refractivity contribution < 1.29 is 19.0 Å². The van der Waals surface area contributed by atoms with Crippen LogP contribution in [0.25, 0.3) is 0 Å². The van der Waals surface area contributed by atoms with Crippen molar-refractivity contribution in [2.45, 2.75) is 31.4 Å². The Hall–Kier alpha value is -1.90. The first-order valence-corrected chi connectivity index (χ1v) is 6.87. The van der Waals surface area contributed by atoms with Crippen LogP contribution in [0.3, 0.4) is 0 Å². The fourth-order valence-corrected chi connectivity index (χ4v) is 2.45. The number of benzene rings is 1. The molecule has 1 aliphatic rings. The molecule has 2 unspecified atom stereocenters. The van der Waals surface area contributed by atoms with Crippen LogP contribution in [0.15, 0.2) is 18.2 Å². The van der Waals surface area contributed by atoms with Crippen LogP contribution in [0.2, 0.25) is 0 Å². The highest BCUT2D eigenvalue weighted by atomic mass is 19.1. The van der Waals surface area contributed by atoms with E-state index < -0.39 is 5.82 Å². The fourth-order valence-electron chi connectivity index (χ4n) is 2.45. The Kier molecular flexibility index (Phi) is 5.32. The third kappa shape index (κ3) is 4.03. The molecular formula is C16H18FNO3. The number of rotatable bonds is 3. The van der Waals surface area contributed by atoms with Crippen LogP contribution >= 0.6 is 0 Å². The normalized spacial score (nSPS) is 20.7. The molecule has 1 aromatic rings. The molecule has 4 nitrogen and oxygen atoms in total. The van der Waals surface area contributed by atoms with Gasteiger partial charge in [0.25, 0.3) is 5.91 Å². The lowest BCUT2D eigenvalue weighted by Gasteiger charge is -2.13. The van der Waals surface area contributed by atoms with Gasteiger partial charge >= 0.3 is 0 Å². The van der Waals surface area contributed by atoms with Gasteiger partial charge in [-0.05, 0) is 37.5 Å². The zero-order valence-electron chi connectivity index (χ0n) is 11.9. The molecule has 1 amide bonds. The molecule has 0 aromatic heterocycles. The Morgan fingerprint density at radius 3 is 2.95 bits per heavy atom. The summed E-state index contributed by atoms with van der Waals surface area (Å²) in [7, 11) is 1.66. The number of hydrogen-bond donors (Lipinski definition) is 2. The summed E-state index contributed by atoms with van der Waals surface area (Å²) >= 11 is 0.